The third-order valence-electron chi connectivity index (χ3n) is 9.36. The number of ether oxygens (including phenoxy) is 4. The van der Waals surface area contributed by atoms with Gasteiger partial charge in [-0.3, -0.25) is 114 Å². The van der Waals surface area contributed by atoms with Gasteiger partial charge in [0.2, 0.25) is 23.6 Å². The summed E-state index contributed by atoms with van der Waals surface area (Å²) in [5.74, 6) is -1.01. The number of hydrogen-bond donors (Lipinski definition) is 4. The lowest BCUT2D eigenvalue weighted by Gasteiger charge is -2.25. The Morgan fingerprint density at radius 3 is 0.727 bits per heavy atom. The molecule has 0 radical (unpaired) electrons. The predicted molar refractivity (Wildman–Crippen MR) is 314 cm³/mol. The van der Waals surface area contributed by atoms with E-state index in [4.69, 9.17) is 68.7 Å². The van der Waals surface area contributed by atoms with Crippen LogP contribution in [-0.4, -0.2) is 246 Å². The molecule has 534 valence electrons. The Kier molecular flexibility index (Phi) is 53.4. The summed E-state index contributed by atoms with van der Waals surface area (Å²) in [4.78, 5) is 44.0. The van der Waals surface area contributed by atoms with Gasteiger partial charge in [0.05, 0.1) is 98.6 Å². The van der Waals surface area contributed by atoms with Crippen LogP contribution in [0.2, 0.25) is 0 Å². The molecule has 4 amide bonds. The summed E-state index contributed by atoms with van der Waals surface area (Å²) in [6.45, 7) is 4.90. The molecule has 0 aromatic heterocycles. The number of amides is 4. The van der Waals surface area contributed by atoms with E-state index < -0.39 is 80.2 Å². The molecule has 40 nitrogen and oxygen atoms in total. The minimum Gasteiger partial charge on any atom is -0.377 e. The van der Waals surface area contributed by atoms with Crippen molar-refractivity contribution in [2.24, 2.45) is 0 Å². The fourth-order valence-electron chi connectivity index (χ4n) is 4.96. The van der Waals surface area contributed by atoms with Crippen LogP contribution < -0.4 is 21.3 Å². The maximum absolute atomic E-state index is 12.8. The molecular formula is C41H99N4O36P7. The lowest BCUT2D eigenvalue weighted by atomic mass is 10.3. The van der Waals surface area contributed by atoms with E-state index in [2.05, 4.69) is 66.5 Å². The second-order valence-electron chi connectivity index (χ2n) is 15.6. The van der Waals surface area contributed by atoms with Crippen molar-refractivity contribution in [2.45, 2.75) is 46.0 Å². The fourth-order valence-corrected chi connectivity index (χ4v) is 10.5. The molecule has 0 heterocycles. The van der Waals surface area contributed by atoms with Gasteiger partial charge in [0.15, 0.2) is 0 Å². The van der Waals surface area contributed by atoms with Crippen LogP contribution in [0.15, 0.2) is 0 Å². The molecule has 0 aliphatic heterocycles. The van der Waals surface area contributed by atoms with Gasteiger partial charge >= 0.3 is 54.8 Å². The van der Waals surface area contributed by atoms with Crippen LogP contribution in [0.3, 0.4) is 0 Å². The standard InChI is InChI=1S/C14H30N2O11P2.C14H34O17P4.C13H27N2O8P.4H2/c1-12(17)15-10-14(11-16-13(2)18)27-29(20,23-5)26-9-7-24-6-8-25-28(19,21-3)22-4;1-19-32(15,20-2)27-10-8-26-9-11-28-35(18,25-7)31-14(12-29-33(16,21-3)22-4)13-30-34(17,23-5)24-6;1-11(16)14-9-13(10-15-12(2)17)22-7-5-21-6-8-23-24(18,19-3)20-4;;;;/h14H,6-11H2,1-5H3,(H,15,17)(H,16,18);14H,8-13H2,1-7H3;13H,5-10H2,1-4H3,(H,14,16)(H,15,17);4*1H. The molecule has 0 rings (SSSR count). The fraction of sp³-hybridized carbons (Fsp3) is 0.902. The number of phosphoric ester groups is 7. The van der Waals surface area contributed by atoms with Crippen molar-refractivity contribution in [1.82, 2.24) is 21.3 Å². The van der Waals surface area contributed by atoms with E-state index in [-0.39, 0.29) is 141 Å². The number of carbonyl (C=O) groups excluding carboxylic acids is 4. The van der Waals surface area contributed by atoms with Gasteiger partial charge in [0.25, 0.3) is 0 Å². The molecule has 0 fully saturated rings. The van der Waals surface area contributed by atoms with Crippen molar-refractivity contribution in [3.05, 3.63) is 0 Å². The average Bonchev–Trinajstić information content (AvgIpc) is 2.28. The quantitative estimate of drug-likeness (QED) is 0.0442. The Labute approximate surface area is 519 Å². The molecule has 0 saturated carbocycles. The maximum atomic E-state index is 12.8. The number of carbonyl (C=O) groups is 4. The van der Waals surface area contributed by atoms with Gasteiger partial charge < -0.3 is 40.2 Å². The highest BCUT2D eigenvalue weighted by Crippen LogP contribution is 2.54. The minimum atomic E-state index is -4.24. The summed E-state index contributed by atoms with van der Waals surface area (Å²) in [7, 11) is -13.1. The summed E-state index contributed by atoms with van der Waals surface area (Å²) in [6, 6.07) is 0. The molecule has 2 unspecified atom stereocenters. The first kappa shape index (κ1) is 90.7. The number of nitrogens with one attached hydrogen (secondary N) is 4. The van der Waals surface area contributed by atoms with Gasteiger partial charge in [-0.15, -0.1) is 0 Å². The second kappa shape index (κ2) is 51.8. The van der Waals surface area contributed by atoms with Gasteiger partial charge in [-0.1, -0.05) is 0 Å². The zero-order chi connectivity index (χ0) is 67.8. The molecule has 0 aromatic rings. The van der Waals surface area contributed by atoms with E-state index in [1.807, 2.05) is 0 Å². The SMILES string of the molecule is COP(=O)(OC)OCCOCCOC(CNC(C)=O)CNC(C)=O.COP(=O)(OC)OCCOCCOP(=O)(OC)OC(CNC(C)=O)CNC(C)=O.COP(=O)(OC)OCCOCCOP(=O)(OC)OC(COP(=O)(OC)OC)COP(=O)(OC)OC.[HH].[HH].[HH].[HH]. The van der Waals surface area contributed by atoms with Gasteiger partial charge in [-0.05, 0) is 0 Å². The Hall–Kier alpha value is -1.51. The molecular weight excluding hydrogens is 1340 g/mol. The van der Waals surface area contributed by atoms with E-state index in [0.29, 0.717) is 0 Å². The lowest BCUT2D eigenvalue weighted by Crippen LogP contribution is -2.41. The first-order valence-corrected chi connectivity index (χ1v) is 35.7. The molecule has 2 atom stereocenters. The van der Waals surface area contributed by atoms with E-state index in [1.165, 1.54) is 56.1 Å². The predicted octanol–water partition coefficient (Wildman–Crippen LogP) is 5.32. The van der Waals surface area contributed by atoms with Gasteiger partial charge in [0.1, 0.15) is 12.2 Å². The highest BCUT2D eigenvalue weighted by molar-refractivity contribution is 7.50. The zero-order valence-electron chi connectivity index (χ0n) is 52.3. The molecule has 4 N–H and O–H groups in total. The normalized spacial score (nSPS) is 13.7. The first-order valence-electron chi connectivity index (χ1n) is 25.4. The van der Waals surface area contributed by atoms with Crippen molar-refractivity contribution in [1.29, 1.82) is 0 Å². The number of rotatable bonds is 54. The van der Waals surface area contributed by atoms with Gasteiger partial charge in [-0.25, -0.2) is 32.0 Å². The van der Waals surface area contributed by atoms with Crippen molar-refractivity contribution in [3.8, 4) is 0 Å². The Balaban J connectivity index is -0.000000234. The smallest absolute Gasteiger partial charge is 0.377 e. The molecule has 0 spiro atoms. The third kappa shape index (κ3) is 47.4. The van der Waals surface area contributed by atoms with Crippen molar-refractivity contribution in [2.75, 3.05) is 204 Å². The van der Waals surface area contributed by atoms with E-state index >= 15 is 0 Å². The number of phosphoric acid groups is 7. The highest BCUT2D eigenvalue weighted by atomic mass is 31.2. The van der Waals surface area contributed by atoms with Crippen LogP contribution in [0.4, 0.5) is 0 Å². The topological polar surface area (TPSA) is 467 Å². The Bertz CT molecular complexity index is 2160. The van der Waals surface area contributed by atoms with E-state index in [9.17, 15) is 51.1 Å². The van der Waals surface area contributed by atoms with Gasteiger partial charge in [-0.2, -0.15) is 0 Å². The summed E-state index contributed by atoms with van der Waals surface area (Å²) < 4.78 is 207. The van der Waals surface area contributed by atoms with Crippen molar-refractivity contribution < 1.29 is 171 Å². The van der Waals surface area contributed by atoms with Crippen LogP contribution in [0.1, 0.15) is 33.4 Å². The van der Waals surface area contributed by atoms with Crippen molar-refractivity contribution in [3.63, 3.8) is 0 Å². The summed E-state index contributed by atoms with van der Waals surface area (Å²) in [6.07, 6.45) is -2.54. The average molecular weight is 1440 g/mol. The molecule has 88 heavy (non-hydrogen) atoms. The summed E-state index contributed by atoms with van der Waals surface area (Å²) in [5, 5.41) is 10.2. The molecule has 0 aromatic carbocycles. The lowest BCUT2D eigenvalue weighted by molar-refractivity contribution is -0.121. The first-order chi connectivity index (χ1) is 41.3. The van der Waals surface area contributed by atoms with Gasteiger partial charge in [0, 0.05) is 145 Å². The monoisotopic (exact) mass is 1440 g/mol. The van der Waals surface area contributed by atoms with Crippen molar-refractivity contribution >= 4 is 78.4 Å². The maximum Gasteiger partial charge on any atom is 0.475 e. The highest BCUT2D eigenvalue weighted by Gasteiger charge is 2.36. The molecule has 0 bridgehead atoms. The Morgan fingerprint density at radius 1 is 0.284 bits per heavy atom. The summed E-state index contributed by atoms with van der Waals surface area (Å²) >= 11 is 0. The van der Waals surface area contributed by atoms with Crippen LogP contribution in [0.5, 0.6) is 0 Å². The number of hydrogen-bond acceptors (Lipinski definition) is 36. The van der Waals surface area contributed by atoms with E-state index in [1.54, 1.807) is 0 Å². The Morgan fingerprint density at radius 2 is 0.489 bits per heavy atom. The minimum absolute atomic E-state index is 0. The molecule has 0 saturated heterocycles. The van der Waals surface area contributed by atoms with Crippen LogP contribution in [0, 0.1) is 0 Å². The van der Waals surface area contributed by atoms with Crippen LogP contribution >= 0.6 is 54.8 Å². The molecule has 0 aliphatic rings. The second-order valence-corrected chi connectivity index (χ2v) is 28.5. The largest absolute Gasteiger partial charge is 0.475 e. The summed E-state index contributed by atoms with van der Waals surface area (Å²) in [5.41, 5.74) is 0. The third-order valence-corrected chi connectivity index (χ3v) is 19.3. The van der Waals surface area contributed by atoms with Crippen LogP contribution in [0.25, 0.3) is 0 Å². The van der Waals surface area contributed by atoms with E-state index in [0.717, 1.165) is 56.9 Å². The molecule has 47 heteroatoms. The molecule has 0 aliphatic carbocycles. The zero-order valence-corrected chi connectivity index (χ0v) is 58.5. The van der Waals surface area contributed by atoms with Crippen LogP contribution in [-0.2, 0) is 165 Å².